The lowest BCUT2D eigenvalue weighted by atomic mass is 9.97. The molecule has 0 aliphatic heterocycles. The van der Waals surface area contributed by atoms with Gasteiger partial charge in [0.1, 0.15) is 11.3 Å². The summed E-state index contributed by atoms with van der Waals surface area (Å²) in [7, 11) is 0. The zero-order chi connectivity index (χ0) is 22.2. The molecule has 0 radical (unpaired) electrons. The zero-order valence-electron chi connectivity index (χ0n) is 16.6. The van der Waals surface area contributed by atoms with Crippen molar-refractivity contribution in [2.45, 2.75) is 25.9 Å². The first-order valence-electron chi connectivity index (χ1n) is 9.59. The average molecular weight is 424 g/mol. The quantitative estimate of drug-likeness (QED) is 0.506. The van der Waals surface area contributed by atoms with Crippen molar-refractivity contribution in [2.24, 2.45) is 0 Å². The second-order valence-corrected chi connectivity index (χ2v) is 7.48. The monoisotopic (exact) mass is 424 g/mol. The van der Waals surface area contributed by atoms with Crippen molar-refractivity contribution in [3.8, 4) is 11.1 Å². The van der Waals surface area contributed by atoms with Crippen LogP contribution < -0.4 is 5.73 Å². The number of aromatic nitrogens is 3. The number of alkyl halides is 3. The maximum atomic E-state index is 13.0. The fraction of sp³-hybridized carbons (Fsp3) is 0.174. The van der Waals surface area contributed by atoms with Gasteiger partial charge in [0.15, 0.2) is 5.82 Å². The number of aryl methyl sites for hydroxylation is 1. The Morgan fingerprint density at radius 1 is 1.03 bits per heavy atom. The molecule has 8 heteroatoms. The van der Waals surface area contributed by atoms with Gasteiger partial charge in [0.25, 0.3) is 0 Å². The first-order valence-corrected chi connectivity index (χ1v) is 9.59. The highest BCUT2D eigenvalue weighted by Crippen LogP contribution is 2.31. The van der Waals surface area contributed by atoms with Gasteiger partial charge >= 0.3 is 6.18 Å². The third-order valence-corrected chi connectivity index (χ3v) is 5.00. The van der Waals surface area contributed by atoms with Crippen LogP contribution in [0.25, 0.3) is 16.6 Å². The summed E-state index contributed by atoms with van der Waals surface area (Å²) in [5, 5.41) is 7.84. The standard InChI is InChI=1S/C23H19F3N4O/c1-14-9-16(11-18(10-14)23(24,25)26)13-19(31)12-15-4-6-17(7-5-15)20-3-2-8-30-21(20)22(27)28-29-30/h2-11H,12-13,27H2,1H3. The molecule has 0 aliphatic rings. The highest BCUT2D eigenvalue weighted by Gasteiger charge is 2.31. The number of nitrogens with zero attached hydrogens (tertiary/aromatic N) is 3. The van der Waals surface area contributed by atoms with Gasteiger partial charge in [-0.25, -0.2) is 4.52 Å². The van der Waals surface area contributed by atoms with Crippen LogP contribution in [-0.4, -0.2) is 20.6 Å². The van der Waals surface area contributed by atoms with Gasteiger partial charge in [-0.15, -0.1) is 5.10 Å². The van der Waals surface area contributed by atoms with Crippen molar-refractivity contribution in [1.29, 1.82) is 0 Å². The van der Waals surface area contributed by atoms with E-state index in [9.17, 15) is 18.0 Å². The third kappa shape index (κ3) is 4.42. The molecule has 4 aromatic rings. The molecule has 4 rings (SSSR count). The third-order valence-electron chi connectivity index (χ3n) is 5.00. The lowest BCUT2D eigenvalue weighted by Gasteiger charge is -2.10. The molecule has 0 fully saturated rings. The molecular formula is C23H19F3N4O. The highest BCUT2D eigenvalue weighted by molar-refractivity contribution is 5.87. The molecular weight excluding hydrogens is 405 g/mol. The summed E-state index contributed by atoms with van der Waals surface area (Å²) in [4.78, 5) is 12.5. The molecule has 31 heavy (non-hydrogen) atoms. The SMILES string of the molecule is Cc1cc(CC(=O)Cc2ccc(-c3cccn4nnc(N)c34)cc2)cc(C(F)(F)F)c1. The Labute approximate surface area is 176 Å². The molecule has 0 unspecified atom stereocenters. The summed E-state index contributed by atoms with van der Waals surface area (Å²) in [6.45, 7) is 1.59. The van der Waals surface area contributed by atoms with E-state index in [1.165, 1.54) is 0 Å². The summed E-state index contributed by atoms with van der Waals surface area (Å²) < 4.78 is 40.6. The minimum Gasteiger partial charge on any atom is -0.380 e. The van der Waals surface area contributed by atoms with Crippen molar-refractivity contribution in [1.82, 2.24) is 14.8 Å². The molecule has 5 nitrogen and oxygen atoms in total. The van der Waals surface area contributed by atoms with Gasteiger partial charge in [-0.05, 0) is 41.8 Å². The van der Waals surface area contributed by atoms with Crippen LogP contribution >= 0.6 is 0 Å². The van der Waals surface area contributed by atoms with E-state index in [1.54, 1.807) is 23.7 Å². The minimum atomic E-state index is -4.43. The van der Waals surface area contributed by atoms with E-state index in [2.05, 4.69) is 10.3 Å². The van der Waals surface area contributed by atoms with E-state index in [4.69, 9.17) is 5.73 Å². The van der Waals surface area contributed by atoms with E-state index in [0.717, 1.165) is 28.8 Å². The fourth-order valence-electron chi connectivity index (χ4n) is 3.65. The van der Waals surface area contributed by atoms with Crippen LogP contribution in [0.15, 0.2) is 60.8 Å². The van der Waals surface area contributed by atoms with Crippen molar-refractivity contribution in [3.63, 3.8) is 0 Å². The number of rotatable bonds is 5. The van der Waals surface area contributed by atoms with Crippen molar-refractivity contribution in [3.05, 3.63) is 83.0 Å². The van der Waals surface area contributed by atoms with E-state index in [1.807, 2.05) is 36.4 Å². The lowest BCUT2D eigenvalue weighted by Crippen LogP contribution is -2.10. The Kier molecular flexibility index (Phi) is 5.22. The number of halogens is 3. The fourth-order valence-corrected chi connectivity index (χ4v) is 3.65. The summed E-state index contributed by atoms with van der Waals surface area (Å²) >= 11 is 0. The number of carbonyl (C=O) groups excluding carboxylic acids is 1. The number of carbonyl (C=O) groups is 1. The van der Waals surface area contributed by atoms with Gasteiger partial charge in [0.2, 0.25) is 0 Å². The first kappa shape index (κ1) is 20.6. The maximum Gasteiger partial charge on any atom is 0.416 e. The Morgan fingerprint density at radius 2 is 1.74 bits per heavy atom. The van der Waals surface area contributed by atoms with Crippen molar-refractivity contribution >= 4 is 17.1 Å². The summed E-state index contributed by atoms with van der Waals surface area (Å²) in [5.41, 5.74) is 9.27. The molecule has 0 saturated carbocycles. The van der Waals surface area contributed by atoms with Gasteiger partial charge in [0.05, 0.1) is 5.56 Å². The number of anilines is 1. The zero-order valence-corrected chi connectivity index (χ0v) is 16.6. The van der Waals surface area contributed by atoms with Crippen LogP contribution in [-0.2, 0) is 23.8 Å². The molecule has 0 saturated heterocycles. The molecule has 2 aromatic heterocycles. The van der Waals surface area contributed by atoms with Gasteiger partial charge in [-0.3, -0.25) is 4.79 Å². The Morgan fingerprint density at radius 3 is 2.45 bits per heavy atom. The number of Topliss-reactive ketones (excluding diaryl/α,β-unsaturated/α-hetero) is 1. The highest BCUT2D eigenvalue weighted by atomic mass is 19.4. The summed E-state index contributed by atoms with van der Waals surface area (Å²) in [6, 6.07) is 14.9. The van der Waals surface area contributed by atoms with Crippen LogP contribution in [0.1, 0.15) is 22.3 Å². The van der Waals surface area contributed by atoms with Crippen molar-refractivity contribution < 1.29 is 18.0 Å². The van der Waals surface area contributed by atoms with Gasteiger partial charge in [-0.2, -0.15) is 13.2 Å². The Hall–Kier alpha value is -3.68. The van der Waals surface area contributed by atoms with Crippen LogP contribution in [0, 0.1) is 6.92 Å². The molecule has 2 N–H and O–H groups in total. The van der Waals surface area contributed by atoms with Crippen LogP contribution in [0.5, 0.6) is 0 Å². The number of nitrogen functional groups attached to an aromatic ring is 1. The molecule has 2 aromatic carbocycles. The van der Waals surface area contributed by atoms with E-state index in [-0.39, 0.29) is 18.6 Å². The molecule has 0 aliphatic carbocycles. The molecule has 158 valence electrons. The number of fused-ring (bicyclic) bond motifs is 1. The van der Waals surface area contributed by atoms with Gasteiger partial charge in [0, 0.05) is 24.6 Å². The number of ketones is 1. The van der Waals surface area contributed by atoms with E-state index >= 15 is 0 Å². The second kappa shape index (κ2) is 7.86. The van der Waals surface area contributed by atoms with E-state index in [0.29, 0.717) is 22.5 Å². The van der Waals surface area contributed by atoms with Crippen LogP contribution in [0.3, 0.4) is 0 Å². The number of benzene rings is 2. The summed E-state index contributed by atoms with van der Waals surface area (Å²) in [6.07, 6.45) is -2.60. The average Bonchev–Trinajstić information content (AvgIpc) is 3.09. The topological polar surface area (TPSA) is 73.3 Å². The smallest absolute Gasteiger partial charge is 0.380 e. The first-order chi connectivity index (χ1) is 14.7. The Bertz CT molecular complexity index is 1260. The molecule has 0 spiro atoms. The molecule has 2 heterocycles. The predicted octanol–water partition coefficient (Wildman–Crippen LogP) is 4.66. The second-order valence-electron chi connectivity index (χ2n) is 7.48. The number of pyridine rings is 1. The molecule has 0 amide bonds. The maximum absolute atomic E-state index is 13.0. The predicted molar refractivity (Wildman–Crippen MR) is 111 cm³/mol. The number of nitrogens with two attached hydrogens (primary N) is 1. The Balaban J connectivity index is 1.50. The lowest BCUT2D eigenvalue weighted by molar-refractivity contribution is -0.137. The largest absolute Gasteiger partial charge is 0.416 e. The van der Waals surface area contributed by atoms with E-state index < -0.39 is 11.7 Å². The normalized spacial score (nSPS) is 11.7. The molecule has 0 bridgehead atoms. The van der Waals surface area contributed by atoms with Crippen LogP contribution in [0.2, 0.25) is 0 Å². The summed E-state index contributed by atoms with van der Waals surface area (Å²) in [5.74, 6) is 0.170. The van der Waals surface area contributed by atoms with Crippen molar-refractivity contribution in [2.75, 3.05) is 5.73 Å². The number of hydrogen-bond acceptors (Lipinski definition) is 4. The van der Waals surface area contributed by atoms with Gasteiger partial charge < -0.3 is 5.73 Å². The van der Waals surface area contributed by atoms with Gasteiger partial charge in [-0.1, -0.05) is 47.2 Å². The minimum absolute atomic E-state index is 0.0517. The molecule has 0 atom stereocenters. The van der Waals surface area contributed by atoms with Crippen LogP contribution in [0.4, 0.5) is 19.0 Å². The number of hydrogen-bond donors (Lipinski definition) is 1.